The summed E-state index contributed by atoms with van der Waals surface area (Å²) >= 11 is 0. The van der Waals surface area contributed by atoms with Crippen LogP contribution in [-0.4, -0.2) is 28.1 Å². The van der Waals surface area contributed by atoms with Gasteiger partial charge in [0.25, 0.3) is 0 Å². The monoisotopic (exact) mass is 298 g/mol. The van der Waals surface area contributed by atoms with E-state index in [9.17, 15) is 9.90 Å². The van der Waals surface area contributed by atoms with Gasteiger partial charge in [-0.1, -0.05) is 38.1 Å². The molecular formula is C18H22N2O2. The first-order valence-corrected chi connectivity index (χ1v) is 7.60. The summed E-state index contributed by atoms with van der Waals surface area (Å²) in [5.74, 6) is -0.215. The fourth-order valence-electron chi connectivity index (χ4n) is 2.24. The first-order valence-electron chi connectivity index (χ1n) is 7.60. The number of carbonyl (C=O) groups excluding carboxylic acids is 1. The predicted octanol–water partition coefficient (Wildman–Crippen LogP) is 2.92. The van der Waals surface area contributed by atoms with E-state index in [2.05, 4.69) is 10.3 Å². The van der Waals surface area contributed by atoms with Crippen molar-refractivity contribution in [1.82, 2.24) is 10.3 Å². The zero-order valence-corrected chi connectivity index (χ0v) is 13.0. The maximum Gasteiger partial charge on any atom is 0.244 e. The Bertz CT molecular complexity index is 670. The van der Waals surface area contributed by atoms with E-state index >= 15 is 0 Å². The highest BCUT2D eigenvalue weighted by Gasteiger charge is 2.22. The van der Waals surface area contributed by atoms with Gasteiger partial charge in [0.05, 0.1) is 11.1 Å². The van der Waals surface area contributed by atoms with Gasteiger partial charge in [-0.25, -0.2) is 0 Å². The van der Waals surface area contributed by atoms with Gasteiger partial charge in [0.1, 0.15) is 0 Å². The molecule has 116 valence electrons. The summed E-state index contributed by atoms with van der Waals surface area (Å²) in [7, 11) is 0. The zero-order valence-electron chi connectivity index (χ0n) is 13.0. The van der Waals surface area contributed by atoms with E-state index in [1.807, 2.05) is 44.2 Å². The van der Waals surface area contributed by atoms with Crippen LogP contribution in [0.25, 0.3) is 17.0 Å². The Labute approximate surface area is 130 Å². The molecule has 0 bridgehead atoms. The van der Waals surface area contributed by atoms with Crippen LogP contribution in [0.3, 0.4) is 0 Å². The van der Waals surface area contributed by atoms with Crippen LogP contribution in [0.4, 0.5) is 0 Å². The summed E-state index contributed by atoms with van der Waals surface area (Å²) < 4.78 is 0. The molecule has 0 saturated heterocycles. The molecule has 0 unspecified atom stereocenters. The van der Waals surface area contributed by atoms with Gasteiger partial charge in [-0.2, -0.15) is 0 Å². The number of nitrogens with zero attached hydrogens (tertiary/aromatic N) is 1. The van der Waals surface area contributed by atoms with Crippen molar-refractivity contribution < 1.29 is 9.90 Å². The molecular weight excluding hydrogens is 276 g/mol. The van der Waals surface area contributed by atoms with E-state index in [-0.39, 0.29) is 12.5 Å². The number of aromatic nitrogens is 1. The van der Waals surface area contributed by atoms with E-state index in [1.165, 1.54) is 6.08 Å². The maximum atomic E-state index is 11.9. The highest BCUT2D eigenvalue weighted by atomic mass is 16.3. The third-order valence-electron chi connectivity index (χ3n) is 3.99. The van der Waals surface area contributed by atoms with Crippen molar-refractivity contribution in [3.8, 4) is 0 Å². The lowest BCUT2D eigenvalue weighted by Crippen LogP contribution is -2.41. The Morgan fingerprint density at radius 3 is 2.73 bits per heavy atom. The summed E-state index contributed by atoms with van der Waals surface area (Å²) in [6, 6.07) is 9.73. The Kier molecular flexibility index (Phi) is 5.28. The molecule has 2 aromatic rings. The van der Waals surface area contributed by atoms with Crippen molar-refractivity contribution in [2.45, 2.75) is 32.3 Å². The van der Waals surface area contributed by atoms with Crippen molar-refractivity contribution in [3.63, 3.8) is 0 Å². The smallest absolute Gasteiger partial charge is 0.244 e. The van der Waals surface area contributed by atoms with Crippen molar-refractivity contribution in [3.05, 3.63) is 48.2 Å². The topological polar surface area (TPSA) is 62.2 Å². The van der Waals surface area contributed by atoms with Crippen LogP contribution >= 0.6 is 0 Å². The molecule has 0 spiro atoms. The number of fused-ring (bicyclic) bond motifs is 1. The molecule has 4 nitrogen and oxygen atoms in total. The molecule has 22 heavy (non-hydrogen) atoms. The SMILES string of the molecule is CCC(O)(CC)CNC(=O)C=Cc1cccc2cccnc12. The summed E-state index contributed by atoms with van der Waals surface area (Å²) in [6.07, 6.45) is 6.20. The van der Waals surface area contributed by atoms with Gasteiger partial charge in [-0.3, -0.25) is 9.78 Å². The van der Waals surface area contributed by atoms with Crippen LogP contribution in [0.2, 0.25) is 0 Å². The van der Waals surface area contributed by atoms with Crippen LogP contribution in [0.1, 0.15) is 32.3 Å². The van der Waals surface area contributed by atoms with Crippen LogP contribution in [0.5, 0.6) is 0 Å². The number of benzene rings is 1. The van der Waals surface area contributed by atoms with Crippen LogP contribution in [0, 0.1) is 0 Å². The molecule has 2 N–H and O–H groups in total. The number of amides is 1. The molecule has 0 atom stereocenters. The zero-order chi connectivity index (χ0) is 16.0. The molecule has 1 aromatic heterocycles. The fourth-order valence-corrected chi connectivity index (χ4v) is 2.24. The van der Waals surface area contributed by atoms with Gasteiger partial charge in [0, 0.05) is 29.8 Å². The molecule has 0 aliphatic heterocycles. The van der Waals surface area contributed by atoms with E-state index in [4.69, 9.17) is 0 Å². The fraction of sp³-hybridized carbons (Fsp3) is 0.333. The van der Waals surface area contributed by atoms with E-state index in [0.717, 1.165) is 16.5 Å². The first kappa shape index (κ1) is 16.2. The second-order valence-electron chi connectivity index (χ2n) is 5.40. The minimum absolute atomic E-state index is 0.215. The standard InChI is InChI=1S/C18H22N2O2/c1-3-18(22,4-2)13-20-16(21)11-10-15-8-5-7-14-9-6-12-19-17(14)15/h5-12,22H,3-4,13H2,1-2H3,(H,20,21). The van der Waals surface area contributed by atoms with E-state index in [0.29, 0.717) is 12.8 Å². The van der Waals surface area contributed by atoms with Gasteiger partial charge in [-0.15, -0.1) is 0 Å². The number of rotatable bonds is 6. The number of hydrogen-bond acceptors (Lipinski definition) is 3. The van der Waals surface area contributed by atoms with Crippen LogP contribution in [-0.2, 0) is 4.79 Å². The molecule has 1 amide bonds. The summed E-state index contributed by atoms with van der Waals surface area (Å²) in [5.41, 5.74) is 0.937. The minimum Gasteiger partial charge on any atom is -0.388 e. The third kappa shape index (κ3) is 3.92. The summed E-state index contributed by atoms with van der Waals surface area (Å²) in [6.45, 7) is 4.08. The average molecular weight is 298 g/mol. The molecule has 0 fully saturated rings. The number of carbonyl (C=O) groups is 1. The van der Waals surface area contributed by atoms with Gasteiger partial charge in [0.15, 0.2) is 0 Å². The molecule has 1 aromatic carbocycles. The molecule has 0 aliphatic rings. The highest BCUT2D eigenvalue weighted by Crippen LogP contribution is 2.17. The lowest BCUT2D eigenvalue weighted by atomic mass is 9.98. The Hall–Kier alpha value is -2.20. The molecule has 0 radical (unpaired) electrons. The largest absolute Gasteiger partial charge is 0.388 e. The lowest BCUT2D eigenvalue weighted by Gasteiger charge is -2.24. The first-order chi connectivity index (χ1) is 10.6. The number of hydrogen-bond donors (Lipinski definition) is 2. The second kappa shape index (κ2) is 7.18. The molecule has 0 saturated carbocycles. The predicted molar refractivity (Wildman–Crippen MR) is 89.3 cm³/mol. The average Bonchev–Trinajstić information content (AvgIpc) is 2.57. The maximum absolute atomic E-state index is 11.9. The quantitative estimate of drug-likeness (QED) is 0.806. The number of pyridine rings is 1. The van der Waals surface area contributed by atoms with Gasteiger partial charge >= 0.3 is 0 Å². The van der Waals surface area contributed by atoms with E-state index in [1.54, 1.807) is 12.3 Å². The second-order valence-corrected chi connectivity index (χ2v) is 5.40. The summed E-state index contributed by atoms with van der Waals surface area (Å²) in [5, 5.41) is 13.9. The third-order valence-corrected chi connectivity index (χ3v) is 3.99. The van der Waals surface area contributed by atoms with Gasteiger partial charge < -0.3 is 10.4 Å². The Balaban J connectivity index is 2.06. The highest BCUT2D eigenvalue weighted by molar-refractivity contribution is 5.95. The van der Waals surface area contributed by atoms with Crippen molar-refractivity contribution in [2.75, 3.05) is 6.54 Å². The molecule has 4 heteroatoms. The number of para-hydroxylation sites is 1. The lowest BCUT2D eigenvalue weighted by molar-refractivity contribution is -0.117. The number of nitrogens with one attached hydrogen (secondary N) is 1. The molecule has 0 aliphatic carbocycles. The van der Waals surface area contributed by atoms with E-state index < -0.39 is 5.60 Å². The minimum atomic E-state index is -0.829. The van der Waals surface area contributed by atoms with Crippen LogP contribution in [0.15, 0.2) is 42.6 Å². The molecule has 1 heterocycles. The van der Waals surface area contributed by atoms with Crippen molar-refractivity contribution >= 4 is 22.9 Å². The van der Waals surface area contributed by atoms with Crippen LogP contribution < -0.4 is 5.32 Å². The normalized spacial score (nSPS) is 12.0. The van der Waals surface area contributed by atoms with Crippen molar-refractivity contribution in [1.29, 1.82) is 0 Å². The summed E-state index contributed by atoms with van der Waals surface area (Å²) in [4.78, 5) is 16.2. The number of aliphatic hydroxyl groups is 1. The van der Waals surface area contributed by atoms with Crippen molar-refractivity contribution in [2.24, 2.45) is 0 Å². The Morgan fingerprint density at radius 2 is 2.00 bits per heavy atom. The Morgan fingerprint density at radius 1 is 1.27 bits per heavy atom. The molecule has 2 rings (SSSR count). The van der Waals surface area contributed by atoms with Gasteiger partial charge in [-0.05, 0) is 25.0 Å². The van der Waals surface area contributed by atoms with Gasteiger partial charge in [0.2, 0.25) is 5.91 Å².